The van der Waals surface area contributed by atoms with E-state index in [1.807, 2.05) is 13.1 Å². The summed E-state index contributed by atoms with van der Waals surface area (Å²) in [7, 11) is 5.17. The lowest BCUT2D eigenvalue weighted by molar-refractivity contribution is -0.217. The Morgan fingerprint density at radius 2 is 1.85 bits per heavy atom. The van der Waals surface area contributed by atoms with Crippen molar-refractivity contribution >= 4 is 34.4 Å². The van der Waals surface area contributed by atoms with Gasteiger partial charge in [0.25, 0.3) is 0 Å². The third-order valence-electron chi connectivity index (χ3n) is 16.1. The highest BCUT2D eigenvalue weighted by Crippen LogP contribution is 2.68. The van der Waals surface area contributed by atoms with Gasteiger partial charge in [0.2, 0.25) is 5.91 Å². The average Bonchev–Trinajstić information content (AvgIpc) is 3.88. The lowest BCUT2D eigenvalue weighted by atomic mass is 9.47. The van der Waals surface area contributed by atoms with E-state index in [0.29, 0.717) is 25.0 Å². The number of aliphatic hydroxyl groups is 1. The number of likely N-dealkylation sites (N-methyl/N-ethyl adjacent to an activating group) is 1. The van der Waals surface area contributed by atoms with Crippen LogP contribution in [0.1, 0.15) is 81.7 Å². The minimum Gasteiger partial charge on any atom is -0.496 e. The number of aromatic nitrogens is 1. The molecule has 6 heterocycles. The predicted octanol–water partition coefficient (Wildman–Crippen LogP) is 5.15. The maximum Gasteiger partial charge on any atom is 0.322 e. The predicted molar refractivity (Wildman–Crippen MR) is 233 cm³/mol. The lowest BCUT2D eigenvalue weighted by Gasteiger charge is -2.64. The first kappa shape index (κ1) is 40.4. The summed E-state index contributed by atoms with van der Waals surface area (Å²) in [6.45, 7) is 9.74. The van der Waals surface area contributed by atoms with Gasteiger partial charge in [0, 0.05) is 96.9 Å². The highest BCUT2D eigenvalue weighted by Gasteiger charge is 2.78. The number of fused-ring (bicyclic) bond motifs is 6. The first-order valence-electron chi connectivity index (χ1n) is 22.5. The zero-order chi connectivity index (χ0) is 42.6. The van der Waals surface area contributed by atoms with Crippen molar-refractivity contribution in [3.05, 3.63) is 82.6 Å². The number of carbonyl (C=O) groups excluding carboxylic acids is 3. The highest BCUT2D eigenvalue weighted by atomic mass is 16.6. The smallest absolute Gasteiger partial charge is 0.322 e. The number of hydrogen-bond acceptors (Lipinski definition) is 10. The Morgan fingerprint density at radius 3 is 2.57 bits per heavy atom. The van der Waals surface area contributed by atoms with Gasteiger partial charge < -0.3 is 34.5 Å². The summed E-state index contributed by atoms with van der Waals surface area (Å²) >= 11 is 0. The molecule has 61 heavy (non-hydrogen) atoms. The number of nitrogens with one attached hydrogen (secondary N) is 2. The van der Waals surface area contributed by atoms with Gasteiger partial charge in [-0.1, -0.05) is 55.8 Å². The molecular formula is C49H61N5O7. The number of hydrogen-bond donors (Lipinski definition) is 3. The molecule has 324 valence electrons. The SMILES string of the molecule is CCC1=C[C@@H]2CN(CCc3c([nH]c4ccccc34)[C@@](C(=O)OC)(c3cc4c(cc3OC)N(C)[C@H]3[C@@](O)(CNC(=O)C5CC5)[C@H](OC(C)=O)[C@]5(CC)C=CCN6CC[C@]43[C@@H]65)C2)C1. The first-order valence-corrected chi connectivity index (χ1v) is 22.5. The Bertz CT molecular complexity index is 2370. The molecule has 5 aliphatic heterocycles. The summed E-state index contributed by atoms with van der Waals surface area (Å²) in [5, 5.41) is 18.0. The summed E-state index contributed by atoms with van der Waals surface area (Å²) in [6.07, 6.45) is 10.9. The minimum atomic E-state index is -1.71. The zero-order valence-corrected chi connectivity index (χ0v) is 36.5. The monoisotopic (exact) mass is 831 g/mol. The molecule has 3 aromatic rings. The fraction of sp³-hybridized carbons (Fsp3) is 0.571. The highest BCUT2D eigenvalue weighted by molar-refractivity contribution is 5.94. The van der Waals surface area contributed by atoms with Crippen LogP contribution in [0.4, 0.5) is 5.69 Å². The largest absolute Gasteiger partial charge is 0.496 e. The lowest BCUT2D eigenvalue weighted by Crippen LogP contribution is -2.81. The Balaban J connectivity index is 1.25. The molecule has 10 rings (SSSR count). The molecule has 2 saturated carbocycles. The molecule has 2 aromatic carbocycles. The van der Waals surface area contributed by atoms with Crippen molar-refractivity contribution in [2.45, 2.75) is 100 Å². The van der Waals surface area contributed by atoms with Crippen molar-refractivity contribution in [2.24, 2.45) is 17.3 Å². The van der Waals surface area contributed by atoms with Gasteiger partial charge in [0.15, 0.2) is 0 Å². The average molecular weight is 832 g/mol. The second-order valence-corrected chi connectivity index (χ2v) is 19.2. The van der Waals surface area contributed by atoms with Crippen molar-refractivity contribution in [1.29, 1.82) is 0 Å². The van der Waals surface area contributed by atoms with Crippen molar-refractivity contribution in [3.63, 3.8) is 0 Å². The van der Waals surface area contributed by atoms with Crippen LogP contribution in [0.2, 0.25) is 0 Å². The minimum absolute atomic E-state index is 0.0456. The number of carbonyl (C=O) groups is 3. The van der Waals surface area contributed by atoms with Gasteiger partial charge >= 0.3 is 11.9 Å². The number of ether oxygens (including phenoxy) is 3. The fourth-order valence-electron chi connectivity index (χ4n) is 13.7. The zero-order valence-electron chi connectivity index (χ0n) is 36.5. The van der Waals surface area contributed by atoms with Gasteiger partial charge in [0.1, 0.15) is 22.9 Å². The molecule has 1 unspecified atom stereocenters. The third kappa shape index (κ3) is 5.63. The van der Waals surface area contributed by atoms with Crippen molar-refractivity contribution in [2.75, 3.05) is 65.4 Å². The quantitative estimate of drug-likeness (QED) is 0.196. The number of esters is 2. The Morgan fingerprint density at radius 1 is 1.05 bits per heavy atom. The van der Waals surface area contributed by atoms with Crippen molar-refractivity contribution in [3.8, 4) is 5.75 Å². The standard InChI is InChI=1S/C49H61N5O7/c1-7-30-22-31-25-48(45(57)60-6,40-34(16-20-53(26-30)27-31)33-12-9-10-13-37(33)51-40)36-23-35-38(24-39(36)59-5)52(4)43-47(35)18-21-54-19-11-17-46(8-2,42(47)54)44(61-29(3)55)49(43,58)28-50-41(56)32-14-15-32/h9-13,17,22-24,31-32,42-44,51,58H,7-8,14-16,18-21,25-28H2,1-6H3,(H,50,56)/t31-,42-,43+,44+,46+,47+,48-,49-/m0/s1. The summed E-state index contributed by atoms with van der Waals surface area (Å²) < 4.78 is 18.9. The number of aromatic amines is 1. The van der Waals surface area contributed by atoms with Crippen LogP contribution in [-0.2, 0) is 41.1 Å². The van der Waals surface area contributed by atoms with E-state index in [1.54, 1.807) is 7.11 Å². The maximum absolute atomic E-state index is 15.4. The number of anilines is 1. The van der Waals surface area contributed by atoms with Crippen LogP contribution in [-0.4, -0.2) is 122 Å². The number of para-hydroxylation sites is 1. The molecule has 7 aliphatic rings. The van der Waals surface area contributed by atoms with E-state index in [4.69, 9.17) is 14.2 Å². The number of H-pyrrole nitrogens is 1. The van der Waals surface area contributed by atoms with E-state index in [2.05, 4.69) is 87.4 Å². The molecular weight excluding hydrogens is 771 g/mol. The van der Waals surface area contributed by atoms with E-state index in [9.17, 15) is 14.7 Å². The fourth-order valence-corrected chi connectivity index (χ4v) is 13.7. The Kier molecular flexibility index (Phi) is 9.58. The molecule has 1 saturated heterocycles. The van der Waals surface area contributed by atoms with Crippen LogP contribution >= 0.6 is 0 Å². The second kappa shape index (κ2) is 14.5. The van der Waals surface area contributed by atoms with Gasteiger partial charge in [-0.15, -0.1) is 0 Å². The topological polar surface area (TPSA) is 137 Å². The number of nitrogens with zero attached hydrogens (tertiary/aromatic N) is 3. The van der Waals surface area contributed by atoms with Crippen molar-refractivity contribution in [1.82, 2.24) is 20.1 Å². The molecule has 3 N–H and O–H groups in total. The molecule has 0 radical (unpaired) electrons. The number of rotatable bonds is 9. The van der Waals surface area contributed by atoms with E-state index in [-0.39, 0.29) is 36.3 Å². The Labute approximate surface area is 358 Å². The normalized spacial score (nSPS) is 34.8. The van der Waals surface area contributed by atoms with Crippen LogP contribution in [0.3, 0.4) is 0 Å². The van der Waals surface area contributed by atoms with E-state index in [0.717, 1.165) is 97.4 Å². The number of amides is 1. The molecule has 12 heteroatoms. The van der Waals surface area contributed by atoms with Crippen molar-refractivity contribution < 1.29 is 33.7 Å². The van der Waals surface area contributed by atoms with Gasteiger partial charge in [-0.2, -0.15) is 0 Å². The molecule has 9 atom stereocenters. The third-order valence-corrected chi connectivity index (χ3v) is 16.1. The van der Waals surface area contributed by atoms with Crippen LogP contribution < -0.4 is 15.0 Å². The number of benzene rings is 2. The Hall–Kier alpha value is -4.65. The molecule has 2 bridgehead atoms. The summed E-state index contributed by atoms with van der Waals surface area (Å²) in [6, 6.07) is 11.8. The van der Waals surface area contributed by atoms with Gasteiger partial charge in [-0.25, -0.2) is 0 Å². The van der Waals surface area contributed by atoms with Crippen LogP contribution in [0, 0.1) is 17.3 Å². The van der Waals surface area contributed by atoms with Gasteiger partial charge in [0.05, 0.1) is 26.8 Å². The summed E-state index contributed by atoms with van der Waals surface area (Å²) in [5.74, 6) is -0.368. The van der Waals surface area contributed by atoms with E-state index < -0.39 is 40.0 Å². The summed E-state index contributed by atoms with van der Waals surface area (Å²) in [4.78, 5) is 53.1. The molecule has 1 spiro atoms. The van der Waals surface area contributed by atoms with Crippen LogP contribution in [0.25, 0.3) is 10.9 Å². The molecule has 12 nitrogen and oxygen atoms in total. The molecule has 1 aromatic heterocycles. The van der Waals surface area contributed by atoms with Crippen LogP contribution in [0.15, 0.2) is 60.2 Å². The molecule has 3 fully saturated rings. The van der Waals surface area contributed by atoms with Gasteiger partial charge in [-0.05, 0) is 80.7 Å². The summed E-state index contributed by atoms with van der Waals surface area (Å²) in [5.41, 5.74) is 2.43. The maximum atomic E-state index is 15.4. The van der Waals surface area contributed by atoms with Gasteiger partial charge in [-0.3, -0.25) is 24.2 Å². The number of methoxy groups -OCH3 is 2. The second-order valence-electron chi connectivity index (χ2n) is 19.2. The van der Waals surface area contributed by atoms with Crippen LogP contribution in [0.5, 0.6) is 5.75 Å². The van der Waals surface area contributed by atoms with E-state index >= 15 is 4.79 Å². The molecule has 2 aliphatic carbocycles. The van der Waals surface area contributed by atoms with E-state index in [1.165, 1.54) is 19.6 Å². The first-order chi connectivity index (χ1) is 29.4. The molecule has 1 amide bonds.